The maximum absolute atomic E-state index is 12.7. The Labute approximate surface area is 160 Å². The third-order valence-electron chi connectivity index (χ3n) is 3.97. The van der Waals surface area contributed by atoms with Gasteiger partial charge in [0, 0.05) is 24.6 Å². The van der Waals surface area contributed by atoms with Gasteiger partial charge in [-0.15, -0.1) is 0 Å². The molecule has 0 aromatic heterocycles. The molecule has 6 nitrogen and oxygen atoms in total. The molecule has 0 bridgehead atoms. The molecule has 1 fully saturated rings. The lowest BCUT2D eigenvalue weighted by atomic mass is 10.1. The van der Waals surface area contributed by atoms with Gasteiger partial charge in [-0.1, -0.05) is 12.1 Å². The van der Waals surface area contributed by atoms with E-state index in [0.29, 0.717) is 11.4 Å². The van der Waals surface area contributed by atoms with Gasteiger partial charge in [-0.3, -0.25) is 15.0 Å². The molecule has 134 valence electrons. The zero-order chi connectivity index (χ0) is 18.8. The molecule has 0 aliphatic carbocycles. The lowest BCUT2D eigenvalue weighted by molar-refractivity contribution is -0.117. The standard InChI is InChI=1S/C19H18BrN3O3/c1-22(2)17-8-7-12(10-16(17)20)9-15-18(24)21-23(19(15)25)13-5-4-6-14(11-13)26-3/h4-11H,1-3H3,(H,21,24)/b15-9-. The first-order chi connectivity index (χ1) is 12.4. The highest BCUT2D eigenvalue weighted by Crippen LogP contribution is 2.28. The first-order valence-electron chi connectivity index (χ1n) is 7.89. The number of anilines is 2. The van der Waals surface area contributed by atoms with Crippen molar-refractivity contribution in [3.63, 3.8) is 0 Å². The van der Waals surface area contributed by atoms with Crippen molar-refractivity contribution < 1.29 is 14.3 Å². The second-order valence-corrected chi connectivity index (χ2v) is 6.80. The van der Waals surface area contributed by atoms with Gasteiger partial charge in [0.15, 0.2) is 0 Å². The van der Waals surface area contributed by atoms with Crippen molar-refractivity contribution in [1.29, 1.82) is 0 Å². The van der Waals surface area contributed by atoms with Crippen molar-refractivity contribution in [2.75, 3.05) is 31.1 Å². The number of hydrogen-bond donors (Lipinski definition) is 1. The number of hydrazine groups is 1. The molecule has 2 amide bonds. The molecule has 1 aliphatic rings. The van der Waals surface area contributed by atoms with E-state index < -0.39 is 11.8 Å². The van der Waals surface area contributed by atoms with Gasteiger partial charge >= 0.3 is 0 Å². The van der Waals surface area contributed by atoms with E-state index in [2.05, 4.69) is 21.4 Å². The van der Waals surface area contributed by atoms with Crippen LogP contribution in [0.4, 0.5) is 11.4 Å². The van der Waals surface area contributed by atoms with E-state index in [-0.39, 0.29) is 5.57 Å². The number of carbonyl (C=O) groups excluding carboxylic acids is 2. The van der Waals surface area contributed by atoms with Gasteiger partial charge in [0.05, 0.1) is 18.5 Å². The summed E-state index contributed by atoms with van der Waals surface area (Å²) in [6, 6.07) is 12.6. The van der Waals surface area contributed by atoms with Crippen molar-refractivity contribution in [1.82, 2.24) is 5.43 Å². The van der Waals surface area contributed by atoms with Crippen LogP contribution in [0.15, 0.2) is 52.5 Å². The van der Waals surface area contributed by atoms with Gasteiger partial charge in [0.25, 0.3) is 11.8 Å². The molecular weight excluding hydrogens is 398 g/mol. The summed E-state index contributed by atoms with van der Waals surface area (Å²) in [5, 5.41) is 1.22. The lowest BCUT2D eigenvalue weighted by Crippen LogP contribution is -2.35. The minimum absolute atomic E-state index is 0.0809. The smallest absolute Gasteiger partial charge is 0.282 e. The number of benzene rings is 2. The predicted molar refractivity (Wildman–Crippen MR) is 105 cm³/mol. The summed E-state index contributed by atoms with van der Waals surface area (Å²) < 4.78 is 6.05. The molecule has 0 spiro atoms. The fourth-order valence-corrected chi connectivity index (χ4v) is 3.38. The van der Waals surface area contributed by atoms with E-state index in [9.17, 15) is 9.59 Å². The average Bonchev–Trinajstić information content (AvgIpc) is 2.90. The molecule has 0 radical (unpaired) electrons. The Morgan fingerprint density at radius 1 is 1.15 bits per heavy atom. The third-order valence-corrected chi connectivity index (χ3v) is 4.60. The van der Waals surface area contributed by atoms with Crippen molar-refractivity contribution in [3.05, 3.63) is 58.1 Å². The third kappa shape index (κ3) is 3.43. The molecule has 1 aliphatic heterocycles. The zero-order valence-electron chi connectivity index (χ0n) is 14.6. The van der Waals surface area contributed by atoms with Crippen LogP contribution in [-0.4, -0.2) is 33.0 Å². The van der Waals surface area contributed by atoms with Crippen LogP contribution in [0.25, 0.3) is 6.08 Å². The Morgan fingerprint density at radius 3 is 2.58 bits per heavy atom. The number of nitrogens with one attached hydrogen (secondary N) is 1. The molecule has 1 N–H and O–H groups in total. The van der Waals surface area contributed by atoms with Crippen LogP contribution in [0.5, 0.6) is 5.75 Å². The van der Waals surface area contributed by atoms with Gasteiger partial charge in [0.2, 0.25) is 0 Å². The SMILES string of the molecule is COc1cccc(N2NC(=O)/C(=C/c3ccc(N(C)C)c(Br)c3)C2=O)c1. The molecule has 1 saturated heterocycles. The number of halogens is 1. The van der Waals surface area contributed by atoms with Crippen LogP contribution >= 0.6 is 15.9 Å². The largest absolute Gasteiger partial charge is 0.497 e. The normalized spacial score (nSPS) is 15.4. The lowest BCUT2D eigenvalue weighted by Gasteiger charge is -2.15. The minimum Gasteiger partial charge on any atom is -0.497 e. The van der Waals surface area contributed by atoms with Crippen molar-refractivity contribution in [2.45, 2.75) is 0 Å². The summed E-state index contributed by atoms with van der Waals surface area (Å²) in [5.41, 5.74) is 4.97. The number of hydrogen-bond acceptors (Lipinski definition) is 4. The fraction of sp³-hybridized carbons (Fsp3) is 0.158. The van der Waals surface area contributed by atoms with Gasteiger partial charge in [-0.25, -0.2) is 5.01 Å². The Hall–Kier alpha value is -2.80. The second kappa shape index (κ2) is 7.21. The van der Waals surface area contributed by atoms with Crippen LogP contribution in [0.1, 0.15) is 5.56 Å². The monoisotopic (exact) mass is 415 g/mol. The highest BCUT2D eigenvalue weighted by molar-refractivity contribution is 9.10. The molecule has 0 atom stereocenters. The number of nitrogens with zero attached hydrogens (tertiary/aromatic N) is 2. The summed E-state index contributed by atoms with van der Waals surface area (Å²) >= 11 is 3.51. The summed E-state index contributed by atoms with van der Waals surface area (Å²) in [6.07, 6.45) is 1.59. The van der Waals surface area contributed by atoms with Gasteiger partial charge in [0.1, 0.15) is 11.3 Å². The van der Waals surface area contributed by atoms with Crippen LogP contribution in [0.2, 0.25) is 0 Å². The van der Waals surface area contributed by atoms with Crippen LogP contribution < -0.4 is 20.1 Å². The zero-order valence-corrected chi connectivity index (χ0v) is 16.2. The Morgan fingerprint density at radius 2 is 1.92 bits per heavy atom. The summed E-state index contributed by atoms with van der Waals surface area (Å²) in [6.45, 7) is 0. The van der Waals surface area contributed by atoms with E-state index in [1.54, 1.807) is 37.5 Å². The topological polar surface area (TPSA) is 61.9 Å². The Bertz CT molecular complexity index is 909. The highest BCUT2D eigenvalue weighted by atomic mass is 79.9. The molecule has 26 heavy (non-hydrogen) atoms. The quantitative estimate of drug-likeness (QED) is 0.615. The molecule has 2 aromatic carbocycles. The van der Waals surface area contributed by atoms with Gasteiger partial charge in [-0.05, 0) is 51.8 Å². The first kappa shape index (κ1) is 18.0. The molecule has 2 aromatic rings. The predicted octanol–water partition coefficient (Wildman–Crippen LogP) is 2.99. The molecule has 0 saturated carbocycles. The van der Waals surface area contributed by atoms with E-state index >= 15 is 0 Å². The summed E-state index contributed by atoms with van der Waals surface area (Å²) in [7, 11) is 5.43. The summed E-state index contributed by atoms with van der Waals surface area (Å²) in [5.74, 6) is -0.244. The number of carbonyl (C=O) groups is 2. The number of methoxy groups -OCH3 is 1. The fourth-order valence-electron chi connectivity index (χ4n) is 2.63. The van der Waals surface area contributed by atoms with E-state index in [1.807, 2.05) is 37.2 Å². The number of ether oxygens (including phenoxy) is 1. The Kier molecular flexibility index (Phi) is 4.99. The maximum Gasteiger partial charge on any atom is 0.282 e. The molecule has 3 rings (SSSR count). The van der Waals surface area contributed by atoms with Crippen LogP contribution in [-0.2, 0) is 9.59 Å². The van der Waals surface area contributed by atoms with Crippen LogP contribution in [0.3, 0.4) is 0 Å². The van der Waals surface area contributed by atoms with E-state index in [1.165, 1.54) is 5.01 Å². The molecule has 0 unspecified atom stereocenters. The number of rotatable bonds is 4. The van der Waals surface area contributed by atoms with Gasteiger partial charge < -0.3 is 9.64 Å². The van der Waals surface area contributed by atoms with Crippen molar-refractivity contribution in [3.8, 4) is 5.75 Å². The Balaban J connectivity index is 1.91. The summed E-state index contributed by atoms with van der Waals surface area (Å²) in [4.78, 5) is 27.0. The average molecular weight is 416 g/mol. The molecule has 1 heterocycles. The van der Waals surface area contributed by atoms with Crippen molar-refractivity contribution in [2.24, 2.45) is 0 Å². The maximum atomic E-state index is 12.7. The van der Waals surface area contributed by atoms with E-state index in [4.69, 9.17) is 4.74 Å². The van der Waals surface area contributed by atoms with Crippen molar-refractivity contribution >= 4 is 45.2 Å². The minimum atomic E-state index is -0.439. The van der Waals surface area contributed by atoms with E-state index in [0.717, 1.165) is 15.7 Å². The van der Waals surface area contributed by atoms with Crippen LogP contribution in [0, 0.1) is 0 Å². The molecule has 7 heteroatoms. The number of amides is 2. The first-order valence-corrected chi connectivity index (χ1v) is 8.68. The molecular formula is C19H18BrN3O3. The second-order valence-electron chi connectivity index (χ2n) is 5.95. The van der Waals surface area contributed by atoms with Gasteiger partial charge in [-0.2, -0.15) is 0 Å². The highest BCUT2D eigenvalue weighted by Gasteiger charge is 2.34.